The fourth-order valence-corrected chi connectivity index (χ4v) is 3.93. The topological polar surface area (TPSA) is 40.5 Å². The number of aromatic hydroxyl groups is 1. The van der Waals surface area contributed by atoms with Gasteiger partial charge in [0.05, 0.1) is 20.6 Å². The summed E-state index contributed by atoms with van der Waals surface area (Å²) in [6, 6.07) is 8.60. The zero-order chi connectivity index (χ0) is 17.4. The third-order valence-corrected chi connectivity index (χ3v) is 5.08. The number of phenols is 1. The summed E-state index contributed by atoms with van der Waals surface area (Å²) in [4.78, 5) is 14.2. The Kier molecular flexibility index (Phi) is 4.83. The summed E-state index contributed by atoms with van der Waals surface area (Å²) >= 11 is 18.1. The lowest BCUT2D eigenvalue weighted by Crippen LogP contribution is -2.27. The van der Waals surface area contributed by atoms with Gasteiger partial charge >= 0.3 is 0 Å². The maximum absolute atomic E-state index is 13.4. The number of halogens is 3. The Hall–Kier alpha value is -1.60. The van der Waals surface area contributed by atoms with Gasteiger partial charge in [0.1, 0.15) is 5.82 Å². The van der Waals surface area contributed by atoms with Crippen molar-refractivity contribution in [1.29, 1.82) is 0 Å². The molecule has 122 valence electrons. The van der Waals surface area contributed by atoms with Crippen LogP contribution in [0, 0.1) is 5.82 Å². The Morgan fingerprint density at radius 1 is 1.21 bits per heavy atom. The van der Waals surface area contributed by atoms with Crippen LogP contribution in [0.25, 0.3) is 6.08 Å². The molecule has 2 aromatic rings. The first-order valence-electron chi connectivity index (χ1n) is 6.58. The summed E-state index contributed by atoms with van der Waals surface area (Å²) in [7, 11) is 0. The maximum atomic E-state index is 13.4. The van der Waals surface area contributed by atoms with Gasteiger partial charge in [0.25, 0.3) is 5.91 Å². The number of thioether (sulfide) groups is 1. The summed E-state index contributed by atoms with van der Waals surface area (Å²) < 4.78 is 13.7. The minimum Gasteiger partial charge on any atom is -0.505 e. The second-order valence-electron chi connectivity index (χ2n) is 4.83. The van der Waals surface area contributed by atoms with E-state index in [1.165, 1.54) is 35.2 Å². The van der Waals surface area contributed by atoms with Gasteiger partial charge in [-0.2, -0.15) is 0 Å². The highest BCUT2D eigenvalue weighted by Gasteiger charge is 2.33. The van der Waals surface area contributed by atoms with E-state index in [2.05, 4.69) is 0 Å². The summed E-state index contributed by atoms with van der Waals surface area (Å²) in [5.74, 6) is -1.04. The van der Waals surface area contributed by atoms with Crippen LogP contribution >= 0.6 is 47.2 Å². The molecule has 1 aliphatic rings. The Balaban J connectivity index is 1.97. The first-order chi connectivity index (χ1) is 11.4. The molecule has 1 N–H and O–H groups in total. The van der Waals surface area contributed by atoms with Crippen LogP contribution in [0.1, 0.15) is 5.56 Å². The van der Waals surface area contributed by atoms with E-state index in [0.29, 0.717) is 20.5 Å². The molecule has 1 amide bonds. The third-order valence-electron chi connectivity index (χ3n) is 3.20. The summed E-state index contributed by atoms with van der Waals surface area (Å²) in [5.41, 5.74) is 0.908. The van der Waals surface area contributed by atoms with Crippen molar-refractivity contribution in [3.63, 3.8) is 0 Å². The predicted octanol–water partition coefficient (Wildman–Crippen LogP) is 5.24. The first-order valence-corrected chi connectivity index (χ1v) is 8.56. The second kappa shape index (κ2) is 6.72. The maximum Gasteiger partial charge on any atom is 0.270 e. The number of carbonyl (C=O) groups is 1. The van der Waals surface area contributed by atoms with E-state index in [1.54, 1.807) is 12.1 Å². The van der Waals surface area contributed by atoms with Gasteiger partial charge in [-0.15, -0.1) is 0 Å². The Labute approximate surface area is 156 Å². The van der Waals surface area contributed by atoms with E-state index in [1.807, 2.05) is 0 Å². The Bertz CT molecular complexity index is 878. The molecule has 1 aliphatic heterocycles. The van der Waals surface area contributed by atoms with E-state index in [4.69, 9.17) is 35.4 Å². The lowest BCUT2D eigenvalue weighted by atomic mass is 10.2. The fraction of sp³-hybridized carbons (Fsp3) is 0. The van der Waals surface area contributed by atoms with Crippen LogP contribution in [0.2, 0.25) is 10.0 Å². The zero-order valence-corrected chi connectivity index (χ0v) is 14.9. The highest BCUT2D eigenvalue weighted by Crippen LogP contribution is 2.38. The zero-order valence-electron chi connectivity index (χ0n) is 11.8. The van der Waals surface area contributed by atoms with Gasteiger partial charge in [-0.25, -0.2) is 4.39 Å². The molecule has 3 rings (SSSR count). The molecular weight excluding hydrogens is 392 g/mol. The van der Waals surface area contributed by atoms with Gasteiger partial charge in [-0.05, 0) is 42.0 Å². The van der Waals surface area contributed by atoms with Crippen molar-refractivity contribution in [2.75, 3.05) is 4.90 Å². The third kappa shape index (κ3) is 3.28. The van der Waals surface area contributed by atoms with Crippen LogP contribution in [0.4, 0.5) is 10.1 Å². The van der Waals surface area contributed by atoms with Crippen LogP contribution in [-0.4, -0.2) is 15.3 Å². The van der Waals surface area contributed by atoms with Crippen LogP contribution in [0.3, 0.4) is 0 Å². The van der Waals surface area contributed by atoms with Gasteiger partial charge in [0.2, 0.25) is 0 Å². The van der Waals surface area contributed by atoms with Crippen LogP contribution < -0.4 is 4.90 Å². The molecule has 0 spiro atoms. The van der Waals surface area contributed by atoms with Crippen molar-refractivity contribution in [3.05, 3.63) is 62.7 Å². The number of anilines is 1. The summed E-state index contributed by atoms with van der Waals surface area (Å²) in [6.07, 6.45) is 1.57. The summed E-state index contributed by atoms with van der Waals surface area (Å²) in [6.45, 7) is 0. The van der Waals surface area contributed by atoms with Crippen molar-refractivity contribution >= 4 is 69.2 Å². The molecule has 8 heteroatoms. The number of thiocarbonyl (C=S) groups is 1. The molecule has 0 unspecified atom stereocenters. The normalized spacial score (nSPS) is 16.3. The van der Waals surface area contributed by atoms with Crippen molar-refractivity contribution in [2.45, 2.75) is 0 Å². The number of phenolic OH excluding ortho intramolecular Hbond substituents is 1. The molecule has 0 bridgehead atoms. The van der Waals surface area contributed by atoms with Gasteiger partial charge in [0.15, 0.2) is 10.1 Å². The van der Waals surface area contributed by atoms with Crippen LogP contribution in [0.5, 0.6) is 5.75 Å². The number of carbonyl (C=O) groups excluding carboxylic acids is 1. The molecule has 24 heavy (non-hydrogen) atoms. The van der Waals surface area contributed by atoms with Crippen molar-refractivity contribution in [3.8, 4) is 5.75 Å². The highest BCUT2D eigenvalue weighted by atomic mass is 35.5. The minimum absolute atomic E-state index is 0.0781. The van der Waals surface area contributed by atoms with E-state index >= 15 is 0 Å². The van der Waals surface area contributed by atoms with E-state index in [9.17, 15) is 14.3 Å². The molecule has 0 aliphatic carbocycles. The van der Waals surface area contributed by atoms with Gasteiger partial charge in [-0.1, -0.05) is 53.2 Å². The number of hydrogen-bond acceptors (Lipinski definition) is 4. The molecule has 0 aromatic heterocycles. The Morgan fingerprint density at radius 3 is 2.50 bits per heavy atom. The smallest absolute Gasteiger partial charge is 0.270 e. The molecule has 0 saturated carbocycles. The predicted molar refractivity (Wildman–Crippen MR) is 100 cm³/mol. The van der Waals surface area contributed by atoms with Crippen LogP contribution in [0.15, 0.2) is 41.3 Å². The lowest BCUT2D eigenvalue weighted by molar-refractivity contribution is -0.113. The minimum atomic E-state index is -0.456. The molecule has 1 saturated heterocycles. The number of hydrogen-bond donors (Lipinski definition) is 1. The van der Waals surface area contributed by atoms with Crippen molar-refractivity contribution in [2.24, 2.45) is 0 Å². The molecule has 0 radical (unpaired) electrons. The largest absolute Gasteiger partial charge is 0.505 e. The fourth-order valence-electron chi connectivity index (χ4n) is 2.13. The lowest BCUT2D eigenvalue weighted by Gasteiger charge is -2.14. The Morgan fingerprint density at radius 2 is 1.88 bits per heavy atom. The van der Waals surface area contributed by atoms with E-state index < -0.39 is 5.82 Å². The standard InChI is InChI=1S/C16H8Cl2FNO2S2/c17-11-4-8(5-12(18)14(11)21)6-13-15(22)20(16(23)24-13)10-3-1-2-9(19)7-10/h1-7,21H. The van der Waals surface area contributed by atoms with Gasteiger partial charge < -0.3 is 5.11 Å². The monoisotopic (exact) mass is 399 g/mol. The number of nitrogens with zero attached hydrogens (tertiary/aromatic N) is 1. The quantitative estimate of drug-likeness (QED) is 0.553. The highest BCUT2D eigenvalue weighted by molar-refractivity contribution is 8.27. The molecular formula is C16H8Cl2FNO2S2. The summed E-state index contributed by atoms with van der Waals surface area (Å²) in [5, 5.41) is 9.74. The van der Waals surface area contributed by atoms with Crippen molar-refractivity contribution in [1.82, 2.24) is 0 Å². The molecule has 1 fully saturated rings. The molecule has 2 aromatic carbocycles. The van der Waals surface area contributed by atoms with E-state index in [0.717, 1.165) is 11.8 Å². The van der Waals surface area contributed by atoms with Gasteiger partial charge in [0, 0.05) is 0 Å². The van der Waals surface area contributed by atoms with Gasteiger partial charge in [-0.3, -0.25) is 9.69 Å². The average Bonchev–Trinajstić information content (AvgIpc) is 2.79. The number of benzene rings is 2. The SMILES string of the molecule is O=C1C(=Cc2cc(Cl)c(O)c(Cl)c2)SC(=S)N1c1cccc(F)c1. The van der Waals surface area contributed by atoms with Crippen molar-refractivity contribution < 1.29 is 14.3 Å². The second-order valence-corrected chi connectivity index (χ2v) is 7.32. The first kappa shape index (κ1) is 17.2. The molecule has 1 heterocycles. The molecule has 0 atom stereocenters. The average molecular weight is 400 g/mol. The van der Waals surface area contributed by atoms with E-state index in [-0.39, 0.29) is 21.7 Å². The number of amides is 1. The van der Waals surface area contributed by atoms with Crippen LogP contribution in [-0.2, 0) is 4.79 Å². The number of rotatable bonds is 2. The molecule has 3 nitrogen and oxygen atoms in total.